The van der Waals surface area contributed by atoms with Crippen LogP contribution in [0.25, 0.3) is 0 Å². The van der Waals surface area contributed by atoms with Gasteiger partial charge in [0.1, 0.15) is 11.5 Å². The first-order valence-electron chi connectivity index (χ1n) is 9.77. The van der Waals surface area contributed by atoms with Crippen LogP contribution in [0.15, 0.2) is 36.4 Å². The second-order valence-corrected chi connectivity index (χ2v) is 9.78. The highest BCUT2D eigenvalue weighted by molar-refractivity contribution is 7.86. The Morgan fingerprint density at radius 2 is 1.75 bits per heavy atom. The number of ether oxygens (including phenoxy) is 4. The molecule has 2 aliphatic heterocycles. The van der Waals surface area contributed by atoms with Gasteiger partial charge in [0, 0.05) is 19.9 Å². The summed E-state index contributed by atoms with van der Waals surface area (Å²) in [5.41, 5.74) is 2.08. The van der Waals surface area contributed by atoms with Gasteiger partial charge < -0.3 is 29.8 Å². The summed E-state index contributed by atoms with van der Waals surface area (Å²) in [7, 11) is -2.33. The van der Waals surface area contributed by atoms with E-state index >= 15 is 0 Å². The van der Waals surface area contributed by atoms with E-state index in [4.69, 9.17) is 24.7 Å². The number of nitrogen functional groups attached to an aromatic ring is 1. The molecule has 2 heterocycles. The van der Waals surface area contributed by atoms with Gasteiger partial charge in [-0.2, -0.15) is 8.42 Å². The smallest absolute Gasteiger partial charge is 0.324 e. The Hall–Kier alpha value is -2.57. The van der Waals surface area contributed by atoms with Crippen LogP contribution in [0.5, 0.6) is 11.5 Å². The molecule has 0 aliphatic carbocycles. The summed E-state index contributed by atoms with van der Waals surface area (Å²) >= 11 is 0. The Labute approximate surface area is 186 Å². The number of aryl methyl sites for hydroxylation is 1. The molecule has 0 saturated heterocycles. The first-order chi connectivity index (χ1) is 14.8. The summed E-state index contributed by atoms with van der Waals surface area (Å²) in [6.07, 6.45) is 0. The lowest BCUT2D eigenvalue weighted by Gasteiger charge is -2.58. The number of fused-ring (bicyclic) bond motifs is 2. The normalized spacial score (nSPS) is 28.5. The summed E-state index contributed by atoms with van der Waals surface area (Å²) in [5, 5.41) is 12.0. The summed E-state index contributed by atoms with van der Waals surface area (Å²) < 4.78 is 58.4. The summed E-state index contributed by atoms with van der Waals surface area (Å²) in [6, 6.07) is 9.64. The van der Waals surface area contributed by atoms with E-state index in [1.54, 1.807) is 51.1 Å². The van der Waals surface area contributed by atoms with E-state index in [0.29, 0.717) is 5.69 Å². The van der Waals surface area contributed by atoms with Crippen molar-refractivity contribution in [1.82, 2.24) is 0 Å². The second-order valence-electron chi connectivity index (χ2n) is 8.35. The van der Waals surface area contributed by atoms with Crippen molar-refractivity contribution in [3.63, 3.8) is 0 Å². The molecule has 174 valence electrons. The fourth-order valence-corrected chi connectivity index (χ4v) is 5.32. The third kappa shape index (κ3) is 2.82. The van der Waals surface area contributed by atoms with Gasteiger partial charge in [-0.15, -0.1) is 0 Å². The fraction of sp³-hybridized carbons (Fsp3) is 0.429. The zero-order valence-electron chi connectivity index (χ0n) is 18.3. The van der Waals surface area contributed by atoms with Gasteiger partial charge in [0.25, 0.3) is 5.79 Å². The molecule has 32 heavy (non-hydrogen) atoms. The van der Waals surface area contributed by atoms with Crippen molar-refractivity contribution in [1.29, 1.82) is 0 Å². The maximum absolute atomic E-state index is 12.5. The highest BCUT2D eigenvalue weighted by Crippen LogP contribution is 2.58. The Morgan fingerprint density at radius 1 is 1.09 bits per heavy atom. The Balaban J connectivity index is 2.16. The second kappa shape index (κ2) is 6.96. The molecule has 0 radical (unpaired) electrons. The van der Waals surface area contributed by atoms with Crippen LogP contribution in [0.2, 0.25) is 0 Å². The van der Waals surface area contributed by atoms with E-state index in [9.17, 15) is 18.1 Å². The molecule has 0 fully saturated rings. The number of hydrogen-bond donors (Lipinski definition) is 3. The van der Waals surface area contributed by atoms with E-state index in [-0.39, 0.29) is 22.7 Å². The van der Waals surface area contributed by atoms with E-state index in [1.807, 2.05) is 0 Å². The molecule has 2 aromatic carbocycles. The number of aliphatic hydroxyl groups is 1. The monoisotopic (exact) mass is 466 g/mol. The number of benzene rings is 2. The Kier molecular flexibility index (Phi) is 4.92. The molecule has 0 aromatic heterocycles. The average Bonchev–Trinajstić information content (AvgIpc) is 3.09. The van der Waals surface area contributed by atoms with Crippen LogP contribution in [0.1, 0.15) is 25.0 Å². The lowest BCUT2D eigenvalue weighted by Crippen LogP contribution is -2.77. The molecular formula is C21H26N2O8S. The van der Waals surface area contributed by atoms with Crippen molar-refractivity contribution in [3.8, 4) is 11.5 Å². The summed E-state index contributed by atoms with van der Waals surface area (Å²) in [6.45, 7) is 4.95. The maximum Gasteiger partial charge on any atom is 0.324 e. The van der Waals surface area contributed by atoms with Crippen molar-refractivity contribution in [2.24, 2.45) is 0 Å². The molecule has 3 unspecified atom stereocenters. The van der Waals surface area contributed by atoms with Crippen LogP contribution in [0.3, 0.4) is 0 Å². The van der Waals surface area contributed by atoms with Gasteiger partial charge in [0.05, 0.1) is 11.3 Å². The van der Waals surface area contributed by atoms with Gasteiger partial charge in [0.15, 0.2) is 5.60 Å². The van der Waals surface area contributed by atoms with E-state index in [1.165, 1.54) is 20.3 Å². The zero-order chi connectivity index (χ0) is 23.7. The third-order valence-corrected chi connectivity index (χ3v) is 6.82. The number of hydrogen-bond acceptors (Lipinski definition) is 9. The number of nitrogens with zero attached hydrogens (tertiary/aromatic N) is 1. The van der Waals surface area contributed by atoms with E-state index in [0.717, 1.165) is 10.5 Å². The predicted molar refractivity (Wildman–Crippen MR) is 116 cm³/mol. The Morgan fingerprint density at radius 3 is 2.34 bits per heavy atom. The number of anilines is 2. The highest BCUT2D eigenvalue weighted by Gasteiger charge is 2.73. The van der Waals surface area contributed by atoms with Gasteiger partial charge in [-0.05, 0) is 56.7 Å². The van der Waals surface area contributed by atoms with Crippen molar-refractivity contribution in [2.45, 2.75) is 43.4 Å². The van der Waals surface area contributed by atoms with Gasteiger partial charge in [-0.3, -0.25) is 9.45 Å². The average molecular weight is 467 g/mol. The maximum atomic E-state index is 12.5. The molecule has 2 aliphatic rings. The number of nitrogens with two attached hydrogens (primary N) is 1. The summed E-state index contributed by atoms with van der Waals surface area (Å²) in [4.78, 5) is 1.15. The van der Waals surface area contributed by atoms with Gasteiger partial charge in [0.2, 0.25) is 5.72 Å². The van der Waals surface area contributed by atoms with Crippen LogP contribution in [0.4, 0.5) is 11.4 Å². The molecule has 3 atom stereocenters. The largest absolute Gasteiger partial charge is 0.482 e. The summed E-state index contributed by atoms with van der Waals surface area (Å²) in [5.74, 6) is -1.86. The molecule has 11 heteroatoms. The van der Waals surface area contributed by atoms with E-state index < -0.39 is 32.8 Å². The molecule has 10 nitrogen and oxygen atoms in total. The molecular weight excluding hydrogens is 440 g/mol. The number of methoxy groups -OCH3 is 2. The SMILES string of the molecule is COC1(N2c3cc(C)ccc3OC2S(=O)(=O)O)c2cc(N)ccc2OC(C)(C)C1(O)OC. The van der Waals surface area contributed by atoms with Crippen molar-refractivity contribution in [2.75, 3.05) is 24.9 Å². The molecule has 4 N–H and O–H groups in total. The molecule has 0 spiro atoms. The highest BCUT2D eigenvalue weighted by atomic mass is 32.2. The number of rotatable bonds is 4. The van der Waals surface area contributed by atoms with Crippen molar-refractivity contribution >= 4 is 21.5 Å². The van der Waals surface area contributed by atoms with Crippen LogP contribution < -0.4 is 20.1 Å². The standard InChI is InChI=1S/C21H26N2O8S/c1-12-6-8-17-15(10-12)23(18(30-17)32(25,26)27)20(28-4)14-11-13(22)7-9-16(14)31-19(2,3)21(20,24)29-5/h6-11,18,24H,22H2,1-5H3,(H,25,26,27). The first-order valence-corrected chi connectivity index (χ1v) is 11.3. The quantitative estimate of drug-likeness (QED) is 0.348. The lowest BCUT2D eigenvalue weighted by atomic mass is 9.78. The first kappa shape index (κ1) is 22.6. The molecule has 0 amide bonds. The van der Waals surface area contributed by atoms with Gasteiger partial charge >= 0.3 is 15.7 Å². The molecule has 2 aromatic rings. The minimum absolute atomic E-state index is 0.169. The van der Waals surface area contributed by atoms with Crippen LogP contribution in [-0.4, -0.2) is 49.2 Å². The topological polar surface area (TPSA) is 141 Å². The van der Waals surface area contributed by atoms with Gasteiger partial charge in [-0.25, -0.2) is 0 Å². The lowest BCUT2D eigenvalue weighted by molar-refractivity contribution is -0.368. The molecule has 0 bridgehead atoms. The minimum atomic E-state index is -4.85. The van der Waals surface area contributed by atoms with E-state index in [2.05, 4.69) is 0 Å². The predicted octanol–water partition coefficient (Wildman–Crippen LogP) is 1.95. The Bertz CT molecular complexity index is 1180. The van der Waals surface area contributed by atoms with Crippen LogP contribution in [0, 0.1) is 6.92 Å². The van der Waals surface area contributed by atoms with Crippen LogP contribution in [-0.2, 0) is 25.3 Å². The minimum Gasteiger partial charge on any atom is -0.482 e. The molecule has 0 saturated carbocycles. The van der Waals surface area contributed by atoms with Crippen molar-refractivity contribution in [3.05, 3.63) is 47.5 Å². The van der Waals surface area contributed by atoms with Crippen molar-refractivity contribution < 1.29 is 37.0 Å². The third-order valence-electron chi connectivity index (χ3n) is 6.01. The van der Waals surface area contributed by atoms with Gasteiger partial charge in [-0.1, -0.05) is 6.07 Å². The zero-order valence-corrected chi connectivity index (χ0v) is 19.1. The fourth-order valence-electron chi connectivity index (χ4n) is 4.56. The molecule has 4 rings (SSSR count). The van der Waals surface area contributed by atoms with Crippen LogP contribution >= 0.6 is 0 Å².